The van der Waals surface area contributed by atoms with E-state index in [0.717, 1.165) is 16.9 Å². The second-order valence-electron chi connectivity index (χ2n) is 5.46. The number of hydrogen-bond donors (Lipinski definition) is 1. The average Bonchev–Trinajstić information content (AvgIpc) is 2.96. The van der Waals surface area contributed by atoms with Crippen molar-refractivity contribution >= 4 is 28.3 Å². The van der Waals surface area contributed by atoms with Crippen molar-refractivity contribution in [2.75, 3.05) is 25.1 Å². The number of benzene rings is 1. The fourth-order valence-corrected chi connectivity index (χ4v) is 3.16. The van der Waals surface area contributed by atoms with E-state index in [9.17, 15) is 14.0 Å². The van der Waals surface area contributed by atoms with E-state index >= 15 is 0 Å². The zero-order valence-electron chi connectivity index (χ0n) is 13.4. The maximum Gasteiger partial charge on any atom is 0.412 e. The van der Waals surface area contributed by atoms with Gasteiger partial charge < -0.3 is 14.4 Å². The van der Waals surface area contributed by atoms with Gasteiger partial charge in [0.15, 0.2) is 5.82 Å². The molecule has 2 aromatic rings. The first kappa shape index (κ1) is 17.4. The summed E-state index contributed by atoms with van der Waals surface area (Å²) in [5.74, 6) is -0.713. The molecule has 1 N–H and O–H groups in total. The summed E-state index contributed by atoms with van der Waals surface area (Å²) in [5.41, 5.74) is 1.20. The molecule has 1 aliphatic rings. The third-order valence-corrected chi connectivity index (χ3v) is 4.59. The molecule has 1 aromatic carbocycles. The standard InChI is InChI=1S/C17H17FN2O4S/c18-15-13(8-20-6-7-23-10-14(20)21)11-25-16(15)19-17(22)24-9-12-4-2-1-3-5-12/h1-5,11H,6-10H2,(H,19,22). The van der Waals surface area contributed by atoms with Crippen molar-refractivity contribution in [3.05, 3.63) is 52.7 Å². The van der Waals surface area contributed by atoms with Gasteiger partial charge in [-0.15, -0.1) is 11.3 Å². The summed E-state index contributed by atoms with van der Waals surface area (Å²) in [6.07, 6.45) is -0.724. The van der Waals surface area contributed by atoms with Gasteiger partial charge in [0.25, 0.3) is 0 Å². The van der Waals surface area contributed by atoms with Crippen LogP contribution in [0.3, 0.4) is 0 Å². The number of carbonyl (C=O) groups is 2. The number of thiophene rings is 1. The van der Waals surface area contributed by atoms with Crippen LogP contribution in [-0.4, -0.2) is 36.7 Å². The highest BCUT2D eigenvalue weighted by Crippen LogP contribution is 2.28. The Morgan fingerprint density at radius 1 is 1.36 bits per heavy atom. The predicted molar refractivity (Wildman–Crippen MR) is 90.8 cm³/mol. The fourth-order valence-electron chi connectivity index (χ4n) is 2.35. The normalized spacial score (nSPS) is 14.4. The van der Waals surface area contributed by atoms with E-state index in [0.29, 0.717) is 18.7 Å². The first-order chi connectivity index (χ1) is 12.1. The molecular formula is C17H17FN2O4S. The number of halogens is 1. The van der Waals surface area contributed by atoms with Crippen LogP contribution in [0.25, 0.3) is 0 Å². The number of amides is 2. The molecule has 1 saturated heterocycles. The van der Waals surface area contributed by atoms with Gasteiger partial charge in [-0.05, 0) is 5.56 Å². The molecule has 1 aliphatic heterocycles. The lowest BCUT2D eigenvalue weighted by atomic mass is 10.2. The SMILES string of the molecule is O=C(Nc1scc(CN2CCOCC2=O)c1F)OCc1ccccc1. The number of ether oxygens (including phenoxy) is 2. The smallest absolute Gasteiger partial charge is 0.412 e. The third kappa shape index (κ3) is 4.55. The van der Waals surface area contributed by atoms with Crippen LogP contribution < -0.4 is 5.32 Å². The van der Waals surface area contributed by atoms with Gasteiger partial charge in [0.1, 0.15) is 18.2 Å². The van der Waals surface area contributed by atoms with Gasteiger partial charge in [-0.25, -0.2) is 9.18 Å². The van der Waals surface area contributed by atoms with Gasteiger partial charge in [-0.1, -0.05) is 30.3 Å². The van der Waals surface area contributed by atoms with Gasteiger partial charge in [-0.3, -0.25) is 10.1 Å². The fraction of sp³-hybridized carbons (Fsp3) is 0.294. The summed E-state index contributed by atoms with van der Waals surface area (Å²) in [7, 11) is 0. The van der Waals surface area contributed by atoms with Crippen LogP contribution in [0.1, 0.15) is 11.1 Å². The summed E-state index contributed by atoms with van der Waals surface area (Å²) < 4.78 is 24.5. The van der Waals surface area contributed by atoms with E-state index in [1.165, 1.54) is 4.90 Å². The quantitative estimate of drug-likeness (QED) is 0.886. The second-order valence-corrected chi connectivity index (χ2v) is 6.34. The van der Waals surface area contributed by atoms with E-state index in [1.807, 2.05) is 30.3 Å². The van der Waals surface area contributed by atoms with Crippen molar-refractivity contribution in [2.45, 2.75) is 13.2 Å². The molecule has 6 nitrogen and oxygen atoms in total. The lowest BCUT2D eigenvalue weighted by molar-refractivity contribution is -0.143. The van der Waals surface area contributed by atoms with Crippen LogP contribution in [-0.2, 0) is 27.4 Å². The summed E-state index contributed by atoms with van der Waals surface area (Å²) in [4.78, 5) is 25.1. The van der Waals surface area contributed by atoms with Crippen molar-refractivity contribution in [2.24, 2.45) is 0 Å². The highest BCUT2D eigenvalue weighted by atomic mass is 32.1. The summed E-state index contributed by atoms with van der Waals surface area (Å²) in [6, 6.07) is 9.21. The average molecular weight is 364 g/mol. The Kier molecular flexibility index (Phi) is 5.62. The molecule has 132 valence electrons. The van der Waals surface area contributed by atoms with Gasteiger partial charge in [0.05, 0.1) is 6.61 Å². The van der Waals surface area contributed by atoms with Crippen molar-refractivity contribution in [1.82, 2.24) is 4.90 Å². The van der Waals surface area contributed by atoms with Gasteiger partial charge >= 0.3 is 6.09 Å². The minimum Gasteiger partial charge on any atom is -0.444 e. The molecule has 3 rings (SSSR count). The largest absolute Gasteiger partial charge is 0.444 e. The number of rotatable bonds is 5. The highest BCUT2D eigenvalue weighted by Gasteiger charge is 2.22. The zero-order valence-corrected chi connectivity index (χ0v) is 14.2. The zero-order chi connectivity index (χ0) is 17.6. The van der Waals surface area contributed by atoms with Crippen molar-refractivity contribution in [3.8, 4) is 0 Å². The number of morpholine rings is 1. The molecule has 1 fully saturated rings. The number of nitrogens with one attached hydrogen (secondary N) is 1. The lowest BCUT2D eigenvalue weighted by Gasteiger charge is -2.26. The van der Waals surface area contributed by atoms with E-state index in [4.69, 9.17) is 9.47 Å². The molecule has 0 aliphatic carbocycles. The van der Waals surface area contributed by atoms with Gasteiger partial charge in [-0.2, -0.15) is 0 Å². The van der Waals surface area contributed by atoms with Crippen LogP contribution in [0.4, 0.5) is 14.2 Å². The third-order valence-electron chi connectivity index (χ3n) is 3.67. The van der Waals surface area contributed by atoms with E-state index in [1.54, 1.807) is 5.38 Å². The number of carbonyl (C=O) groups excluding carboxylic acids is 2. The first-order valence-corrected chi connectivity index (χ1v) is 8.60. The maximum absolute atomic E-state index is 14.4. The van der Waals surface area contributed by atoms with Crippen LogP contribution in [0.2, 0.25) is 0 Å². The first-order valence-electron chi connectivity index (χ1n) is 7.72. The minimum absolute atomic E-state index is 0.0165. The molecule has 8 heteroatoms. The van der Waals surface area contributed by atoms with Gasteiger partial charge in [0.2, 0.25) is 5.91 Å². The number of anilines is 1. The Bertz CT molecular complexity index is 750. The van der Waals surface area contributed by atoms with Crippen molar-refractivity contribution < 1.29 is 23.5 Å². The molecule has 0 atom stereocenters. The highest BCUT2D eigenvalue weighted by molar-refractivity contribution is 7.14. The van der Waals surface area contributed by atoms with Crippen molar-refractivity contribution in [1.29, 1.82) is 0 Å². The molecule has 0 bridgehead atoms. The molecule has 25 heavy (non-hydrogen) atoms. The van der Waals surface area contributed by atoms with E-state index in [-0.39, 0.29) is 30.7 Å². The van der Waals surface area contributed by atoms with Crippen molar-refractivity contribution in [3.63, 3.8) is 0 Å². The summed E-state index contributed by atoms with van der Waals surface area (Å²) >= 11 is 1.06. The van der Waals surface area contributed by atoms with Gasteiger partial charge in [0, 0.05) is 24.0 Å². The Morgan fingerprint density at radius 3 is 2.92 bits per heavy atom. The van der Waals surface area contributed by atoms with Crippen LogP contribution >= 0.6 is 11.3 Å². The monoisotopic (exact) mass is 364 g/mol. The van der Waals surface area contributed by atoms with Crippen LogP contribution in [0.5, 0.6) is 0 Å². The van der Waals surface area contributed by atoms with E-state index in [2.05, 4.69) is 5.32 Å². The summed E-state index contributed by atoms with van der Waals surface area (Å²) in [5, 5.41) is 4.07. The summed E-state index contributed by atoms with van der Waals surface area (Å²) in [6.45, 7) is 1.15. The number of hydrogen-bond acceptors (Lipinski definition) is 5. The van der Waals surface area contributed by atoms with E-state index < -0.39 is 11.9 Å². The van der Waals surface area contributed by atoms with Crippen LogP contribution in [0, 0.1) is 5.82 Å². The van der Waals surface area contributed by atoms with Crippen LogP contribution in [0.15, 0.2) is 35.7 Å². The number of nitrogens with zero attached hydrogens (tertiary/aromatic N) is 1. The topological polar surface area (TPSA) is 67.9 Å². The Balaban J connectivity index is 1.55. The molecule has 2 amide bonds. The molecular weight excluding hydrogens is 347 g/mol. The minimum atomic E-state index is -0.724. The Labute approximate surface area is 148 Å². The molecule has 0 saturated carbocycles. The Morgan fingerprint density at radius 2 is 2.16 bits per heavy atom. The second kappa shape index (κ2) is 8.09. The Hall–Kier alpha value is -2.45. The molecule has 0 unspecified atom stereocenters. The molecule has 0 spiro atoms. The molecule has 0 radical (unpaired) electrons. The maximum atomic E-state index is 14.4. The predicted octanol–water partition coefficient (Wildman–Crippen LogP) is 2.99. The molecule has 2 heterocycles. The molecule has 1 aromatic heterocycles. The lowest BCUT2D eigenvalue weighted by Crippen LogP contribution is -2.41.